The quantitative estimate of drug-likeness (QED) is 0.140. The Kier molecular flexibility index (Phi) is 17.6. The van der Waals surface area contributed by atoms with Gasteiger partial charge in [0.1, 0.15) is 0 Å². The predicted octanol–water partition coefficient (Wildman–Crippen LogP) is 17.3. The second-order valence-corrected chi connectivity index (χ2v) is 23.6. The molecule has 9 aromatic rings. The number of hydrogen-bond acceptors (Lipinski definition) is 4. The number of aromatic nitrogens is 3. The van der Waals surface area contributed by atoms with Gasteiger partial charge in [-0.15, -0.1) is 0 Å². The summed E-state index contributed by atoms with van der Waals surface area (Å²) in [5, 5.41) is 3.67. The topological polar surface area (TPSA) is 36.5 Å². The molecular weight excluding hydrogens is 999 g/mol. The zero-order valence-corrected chi connectivity index (χ0v) is 51.0. The number of nitrogens with zero attached hydrogens (tertiary/aromatic N) is 6. The number of hydrogen-bond donors (Lipinski definition) is 1. The fourth-order valence-corrected chi connectivity index (χ4v) is 13.1. The largest absolute Gasteiger partial charge is 0.379 e. The first-order valence-electron chi connectivity index (χ1n) is 29.9. The fraction of sp³-hybridized carbons (Fsp3) is 0.307. The Labute approximate surface area is 490 Å². The molecule has 7 heteroatoms. The van der Waals surface area contributed by atoms with Gasteiger partial charge in [-0.25, -0.2) is 0 Å². The third kappa shape index (κ3) is 12.6. The number of rotatable bonds is 11. The first-order chi connectivity index (χ1) is 39.6. The van der Waals surface area contributed by atoms with Crippen molar-refractivity contribution >= 4 is 34.9 Å². The highest BCUT2D eigenvalue weighted by Gasteiger charge is 2.25. The van der Waals surface area contributed by atoms with Crippen molar-refractivity contribution in [2.75, 3.05) is 48.2 Å². The molecule has 6 aromatic carbocycles. The van der Waals surface area contributed by atoms with Gasteiger partial charge in [0.05, 0.1) is 0 Å². The van der Waals surface area contributed by atoms with Crippen molar-refractivity contribution in [2.45, 2.75) is 125 Å². The smallest absolute Gasteiger partial charge is 0.0476 e. The van der Waals surface area contributed by atoms with Crippen LogP contribution in [-0.4, -0.2) is 60.0 Å². The Balaban J connectivity index is 0.000000138. The highest BCUT2D eigenvalue weighted by molar-refractivity contribution is 5.65. The van der Waals surface area contributed by atoms with Gasteiger partial charge < -0.3 is 33.7 Å². The van der Waals surface area contributed by atoms with E-state index in [1.165, 1.54) is 144 Å². The normalized spacial score (nSPS) is 16.4. The summed E-state index contributed by atoms with van der Waals surface area (Å²) in [5.41, 5.74) is 28.1. The second kappa shape index (κ2) is 25.3. The summed E-state index contributed by atoms with van der Waals surface area (Å²) in [6, 6.07) is 60.7. The standard InChI is InChI=1S/C26H33N3.C25H28N2.C24H26N2/c1-19-17-21(20(2)29(19)24-9-7-6-8-10-24)11-13-23-14-12-22-18-25(27(3)4)15-16-26(22)28(23)5;1-18-10-15-25-22(16-18)12-14-23(26(25)4)13-11-21-17-19(2)27(20(21)3)24-8-6-5-7-9-24;1-17-9-14-24-21(15-17)11-13-22(25-24)12-10-20-16-18(2)26(19(20)3)23-7-5-4-6-8-23/h6-10,15-18,23H,11-14H2,1-5H3;5-11,13,15-17,23H,12,14H2,1-4H3;4-10,12,14-16,22,25H,11,13H2,1-3H3/b;13-11+;12-10+. The summed E-state index contributed by atoms with van der Waals surface area (Å²) in [5.74, 6) is 0. The van der Waals surface area contributed by atoms with Crippen molar-refractivity contribution in [2.24, 2.45) is 0 Å². The predicted molar refractivity (Wildman–Crippen MR) is 352 cm³/mol. The third-order valence-electron chi connectivity index (χ3n) is 17.7. The van der Waals surface area contributed by atoms with Gasteiger partial charge in [0, 0.05) is 120 Å². The molecule has 0 amide bonds. The minimum absolute atomic E-state index is 0.394. The maximum atomic E-state index is 3.67. The molecule has 0 saturated heterocycles. The van der Waals surface area contributed by atoms with Gasteiger partial charge in [0.25, 0.3) is 0 Å². The van der Waals surface area contributed by atoms with Crippen molar-refractivity contribution in [3.63, 3.8) is 0 Å². The lowest BCUT2D eigenvalue weighted by Gasteiger charge is -2.37. The number of aryl methyl sites for hydroxylation is 9. The molecule has 3 aliphatic heterocycles. The number of anilines is 4. The third-order valence-corrected chi connectivity index (χ3v) is 17.7. The van der Waals surface area contributed by atoms with Crippen LogP contribution in [0.1, 0.15) is 104 Å². The van der Waals surface area contributed by atoms with E-state index in [1.54, 1.807) is 0 Å². The van der Waals surface area contributed by atoms with Crippen LogP contribution in [0.25, 0.3) is 29.2 Å². The summed E-state index contributed by atoms with van der Waals surface area (Å²) in [6.07, 6.45) is 18.6. The van der Waals surface area contributed by atoms with Crippen molar-refractivity contribution in [1.29, 1.82) is 0 Å². The summed E-state index contributed by atoms with van der Waals surface area (Å²) >= 11 is 0. The van der Waals surface area contributed by atoms with Crippen LogP contribution in [0.2, 0.25) is 0 Å². The summed E-state index contributed by atoms with van der Waals surface area (Å²) in [6.45, 7) is 17.6. The van der Waals surface area contributed by atoms with Gasteiger partial charge in [-0.05, 0) is 225 Å². The summed E-state index contributed by atoms with van der Waals surface area (Å²) in [7, 11) is 8.72. The molecule has 0 bridgehead atoms. The van der Waals surface area contributed by atoms with Crippen LogP contribution in [0.4, 0.5) is 22.7 Å². The molecule has 0 saturated carbocycles. The molecule has 1 N–H and O–H groups in total. The van der Waals surface area contributed by atoms with Crippen LogP contribution < -0.4 is 20.0 Å². The van der Waals surface area contributed by atoms with E-state index in [2.05, 4.69) is 305 Å². The Morgan fingerprint density at radius 2 is 0.963 bits per heavy atom. The number of benzene rings is 6. The lowest BCUT2D eigenvalue weighted by atomic mass is 9.92. The maximum Gasteiger partial charge on any atom is 0.0476 e. The van der Waals surface area contributed by atoms with E-state index in [-0.39, 0.29) is 0 Å². The summed E-state index contributed by atoms with van der Waals surface area (Å²) < 4.78 is 7.05. The van der Waals surface area contributed by atoms with Crippen LogP contribution in [0.5, 0.6) is 0 Å². The Hall–Kier alpha value is -8.16. The van der Waals surface area contributed by atoms with Gasteiger partial charge >= 0.3 is 0 Å². The van der Waals surface area contributed by atoms with E-state index in [4.69, 9.17) is 0 Å². The molecule has 0 spiro atoms. The molecule has 7 nitrogen and oxygen atoms in total. The van der Waals surface area contributed by atoms with Crippen molar-refractivity contribution in [3.8, 4) is 17.1 Å². The van der Waals surface area contributed by atoms with Crippen LogP contribution in [0.15, 0.2) is 176 Å². The van der Waals surface area contributed by atoms with Crippen molar-refractivity contribution < 1.29 is 0 Å². The van der Waals surface area contributed by atoms with Crippen molar-refractivity contribution in [1.82, 2.24) is 13.7 Å². The van der Waals surface area contributed by atoms with Crippen molar-refractivity contribution in [3.05, 3.63) is 255 Å². The van der Waals surface area contributed by atoms with Gasteiger partial charge in [-0.2, -0.15) is 0 Å². The molecule has 422 valence electrons. The minimum atomic E-state index is 0.394. The molecule has 0 aliphatic carbocycles. The SMILES string of the molecule is Cc1cc(CCC2CCc3cc(N(C)C)ccc3N2C)c(C)n1-c1ccccc1.Cc1ccc2c(c1)CCC(/C=C/c1cc(C)n(-c3ccccc3)c1C)N2.Cc1ccc2c(c1)CCC(/C=C/c1cc(C)n(-c3ccccc3)c1C)N2C. The average Bonchev–Trinajstić information content (AvgIpc) is 4.18. The molecule has 3 aliphatic rings. The fourth-order valence-electron chi connectivity index (χ4n) is 13.1. The Morgan fingerprint density at radius 3 is 1.56 bits per heavy atom. The zero-order chi connectivity index (χ0) is 57.6. The lowest BCUT2D eigenvalue weighted by Crippen LogP contribution is -2.36. The van der Waals surface area contributed by atoms with E-state index in [0.717, 1.165) is 25.7 Å². The van der Waals surface area contributed by atoms with Crippen LogP contribution in [0.3, 0.4) is 0 Å². The van der Waals surface area contributed by atoms with Gasteiger partial charge in [0.15, 0.2) is 0 Å². The number of likely N-dealkylation sites (N-methyl/N-ethyl adjacent to an activating group) is 1. The van der Waals surface area contributed by atoms with E-state index in [9.17, 15) is 0 Å². The highest BCUT2D eigenvalue weighted by atomic mass is 15.2. The number of fused-ring (bicyclic) bond motifs is 3. The van der Waals surface area contributed by atoms with E-state index in [1.807, 2.05) is 0 Å². The van der Waals surface area contributed by atoms with E-state index in [0.29, 0.717) is 18.1 Å². The average molecular weight is 1090 g/mol. The molecule has 82 heavy (non-hydrogen) atoms. The Bertz CT molecular complexity index is 3680. The van der Waals surface area contributed by atoms with Crippen LogP contribution in [-0.2, 0) is 25.7 Å². The molecule has 3 atom stereocenters. The minimum Gasteiger partial charge on any atom is -0.379 e. The van der Waals surface area contributed by atoms with Gasteiger partial charge in [-0.1, -0.05) is 114 Å². The molecule has 12 rings (SSSR count). The zero-order valence-electron chi connectivity index (χ0n) is 51.0. The van der Waals surface area contributed by atoms with Gasteiger partial charge in [0.2, 0.25) is 0 Å². The number of nitrogens with one attached hydrogen (secondary N) is 1. The lowest BCUT2D eigenvalue weighted by molar-refractivity contribution is 0.520. The maximum absolute atomic E-state index is 3.67. The van der Waals surface area contributed by atoms with Crippen LogP contribution in [0, 0.1) is 55.4 Å². The second-order valence-electron chi connectivity index (χ2n) is 23.6. The van der Waals surface area contributed by atoms with Crippen LogP contribution >= 0.6 is 0 Å². The monoisotopic (exact) mass is 1090 g/mol. The molecule has 0 radical (unpaired) electrons. The molecular formula is C75H87N7. The first kappa shape index (κ1) is 57.1. The molecule has 6 heterocycles. The highest BCUT2D eigenvalue weighted by Crippen LogP contribution is 2.36. The Morgan fingerprint density at radius 1 is 0.476 bits per heavy atom. The summed E-state index contributed by atoms with van der Waals surface area (Å²) in [4.78, 5) is 7.12. The molecule has 3 unspecified atom stereocenters. The number of para-hydroxylation sites is 3. The molecule has 0 fully saturated rings. The first-order valence-corrected chi connectivity index (χ1v) is 29.9. The van der Waals surface area contributed by atoms with Gasteiger partial charge in [-0.3, -0.25) is 0 Å². The molecule has 3 aromatic heterocycles. The van der Waals surface area contributed by atoms with E-state index < -0.39 is 0 Å². The van der Waals surface area contributed by atoms with E-state index >= 15 is 0 Å².